The Bertz CT molecular complexity index is 592. The van der Waals surface area contributed by atoms with E-state index in [2.05, 4.69) is 16.0 Å². The molecule has 0 heterocycles. The van der Waals surface area contributed by atoms with Gasteiger partial charge < -0.3 is 37.6 Å². The quantitative estimate of drug-likeness (QED) is 0.132. The zero-order chi connectivity index (χ0) is 24.0. The average molecular weight is 464 g/mol. The predicted molar refractivity (Wildman–Crippen MR) is 119 cm³/mol. The Labute approximate surface area is 187 Å². The molecule has 4 unspecified atom stereocenters. The van der Waals surface area contributed by atoms with Gasteiger partial charge in [0.2, 0.25) is 17.7 Å². The van der Waals surface area contributed by atoms with Crippen LogP contribution < -0.4 is 27.4 Å². The van der Waals surface area contributed by atoms with Crippen molar-refractivity contribution in [2.24, 2.45) is 17.4 Å². The molecule has 0 bridgehead atoms. The summed E-state index contributed by atoms with van der Waals surface area (Å²) >= 11 is 1.55. The SMILES string of the molecule is CSCCC(N)C(=O)NC(CCCCN)C(=O)NC(CO)C(=O)NC(C(=O)O)C(C)C. The lowest BCUT2D eigenvalue weighted by Gasteiger charge is -2.25. The van der Waals surface area contributed by atoms with E-state index in [4.69, 9.17) is 11.5 Å². The van der Waals surface area contributed by atoms with E-state index in [1.165, 1.54) is 0 Å². The summed E-state index contributed by atoms with van der Waals surface area (Å²) in [5.41, 5.74) is 11.3. The van der Waals surface area contributed by atoms with Gasteiger partial charge >= 0.3 is 5.97 Å². The molecule has 12 heteroatoms. The molecule has 11 nitrogen and oxygen atoms in total. The highest BCUT2D eigenvalue weighted by atomic mass is 32.2. The molecule has 0 aromatic carbocycles. The van der Waals surface area contributed by atoms with Crippen LogP contribution in [-0.2, 0) is 19.2 Å². The highest BCUT2D eigenvalue weighted by Gasteiger charge is 2.30. The van der Waals surface area contributed by atoms with Crippen LogP contribution in [0.25, 0.3) is 0 Å². The summed E-state index contributed by atoms with van der Waals surface area (Å²) in [4.78, 5) is 48.7. The summed E-state index contributed by atoms with van der Waals surface area (Å²) in [5.74, 6) is -2.93. The molecule has 4 atom stereocenters. The zero-order valence-corrected chi connectivity index (χ0v) is 19.2. The second-order valence-electron chi connectivity index (χ2n) is 7.55. The van der Waals surface area contributed by atoms with Crippen molar-refractivity contribution in [3.05, 3.63) is 0 Å². The number of carbonyl (C=O) groups excluding carboxylic acids is 3. The minimum atomic E-state index is -1.37. The maximum atomic E-state index is 12.7. The molecule has 0 aliphatic rings. The van der Waals surface area contributed by atoms with E-state index in [1.54, 1.807) is 25.6 Å². The minimum Gasteiger partial charge on any atom is -0.480 e. The maximum Gasteiger partial charge on any atom is 0.326 e. The van der Waals surface area contributed by atoms with E-state index in [9.17, 15) is 29.4 Å². The van der Waals surface area contributed by atoms with E-state index < -0.39 is 60.4 Å². The van der Waals surface area contributed by atoms with Crippen molar-refractivity contribution in [1.29, 1.82) is 0 Å². The molecule has 0 saturated carbocycles. The molecular formula is C19H37N5O6S. The molecule has 0 aliphatic carbocycles. The zero-order valence-electron chi connectivity index (χ0n) is 18.4. The standard InChI is InChI=1S/C19H37N5O6S/c1-11(2)15(19(29)30)24-18(28)14(10-25)23-17(27)13(6-4-5-8-20)22-16(26)12(21)7-9-31-3/h11-15,25H,4-10,20-21H2,1-3H3,(H,22,26)(H,23,27)(H,24,28)(H,29,30). The monoisotopic (exact) mass is 463 g/mol. The number of carboxylic acid groups (broad SMARTS) is 1. The molecule has 0 aliphatic heterocycles. The molecule has 0 aromatic heterocycles. The largest absolute Gasteiger partial charge is 0.480 e. The van der Waals surface area contributed by atoms with E-state index in [1.807, 2.05) is 6.26 Å². The van der Waals surface area contributed by atoms with Gasteiger partial charge in [0.05, 0.1) is 12.6 Å². The molecule has 180 valence electrons. The predicted octanol–water partition coefficient (Wildman–Crippen LogP) is -1.62. The number of nitrogens with two attached hydrogens (primary N) is 2. The van der Waals surface area contributed by atoms with Crippen LogP contribution in [0.2, 0.25) is 0 Å². The molecule has 0 saturated heterocycles. The van der Waals surface area contributed by atoms with Crippen LogP contribution in [0, 0.1) is 5.92 Å². The van der Waals surface area contributed by atoms with Crippen LogP contribution in [-0.4, -0.2) is 83.2 Å². The number of hydrogen-bond acceptors (Lipinski definition) is 8. The average Bonchev–Trinajstić information content (AvgIpc) is 2.72. The van der Waals surface area contributed by atoms with Gasteiger partial charge in [0.1, 0.15) is 18.1 Å². The summed E-state index contributed by atoms with van der Waals surface area (Å²) in [6.07, 6.45) is 3.79. The minimum absolute atomic E-state index is 0.271. The van der Waals surface area contributed by atoms with Crippen molar-refractivity contribution in [1.82, 2.24) is 16.0 Å². The van der Waals surface area contributed by atoms with Gasteiger partial charge in [0.25, 0.3) is 0 Å². The second-order valence-corrected chi connectivity index (χ2v) is 8.53. The number of aliphatic hydroxyl groups is 1. The Morgan fingerprint density at radius 2 is 1.52 bits per heavy atom. The number of thioether (sulfide) groups is 1. The Balaban J connectivity index is 5.18. The van der Waals surface area contributed by atoms with Gasteiger partial charge in [-0.25, -0.2) is 4.79 Å². The Hall–Kier alpha value is -1.89. The molecule has 31 heavy (non-hydrogen) atoms. The molecule has 0 radical (unpaired) electrons. The number of aliphatic carboxylic acids is 1. The van der Waals surface area contributed by atoms with Crippen molar-refractivity contribution >= 4 is 35.5 Å². The number of unbranched alkanes of at least 4 members (excludes halogenated alkanes) is 1. The number of carbonyl (C=O) groups is 4. The van der Waals surface area contributed by atoms with E-state index in [0.29, 0.717) is 31.6 Å². The van der Waals surface area contributed by atoms with Crippen molar-refractivity contribution in [2.75, 3.05) is 25.2 Å². The van der Waals surface area contributed by atoms with Crippen LogP contribution in [0.5, 0.6) is 0 Å². The lowest BCUT2D eigenvalue weighted by Crippen LogP contribution is -2.58. The summed E-state index contributed by atoms with van der Waals surface area (Å²) in [5, 5.41) is 26.0. The van der Waals surface area contributed by atoms with E-state index >= 15 is 0 Å². The van der Waals surface area contributed by atoms with Crippen LogP contribution in [0.4, 0.5) is 0 Å². The highest BCUT2D eigenvalue weighted by Crippen LogP contribution is 2.05. The molecule has 0 aromatic rings. The lowest BCUT2D eigenvalue weighted by molar-refractivity contribution is -0.143. The summed E-state index contributed by atoms with van der Waals surface area (Å²) in [7, 11) is 0. The number of amides is 3. The third-order valence-electron chi connectivity index (χ3n) is 4.60. The van der Waals surface area contributed by atoms with Crippen molar-refractivity contribution < 1.29 is 29.4 Å². The third-order valence-corrected chi connectivity index (χ3v) is 5.24. The number of aliphatic hydroxyl groups excluding tert-OH is 1. The number of carboxylic acids is 1. The number of rotatable bonds is 16. The first-order valence-corrected chi connectivity index (χ1v) is 11.7. The fraction of sp³-hybridized carbons (Fsp3) is 0.789. The third kappa shape index (κ3) is 11.3. The fourth-order valence-electron chi connectivity index (χ4n) is 2.65. The molecule has 9 N–H and O–H groups in total. The molecule has 0 fully saturated rings. The first kappa shape index (κ1) is 29.1. The maximum absolute atomic E-state index is 12.7. The van der Waals surface area contributed by atoms with Crippen molar-refractivity contribution in [2.45, 2.75) is 63.7 Å². The normalized spacial score (nSPS) is 14.9. The number of nitrogens with one attached hydrogen (secondary N) is 3. The highest BCUT2D eigenvalue weighted by molar-refractivity contribution is 7.98. The summed E-state index contributed by atoms with van der Waals surface area (Å²) in [6, 6.07) is -4.29. The van der Waals surface area contributed by atoms with Gasteiger partial charge in [-0.3, -0.25) is 14.4 Å². The van der Waals surface area contributed by atoms with Gasteiger partial charge in [0.15, 0.2) is 0 Å². The van der Waals surface area contributed by atoms with E-state index in [-0.39, 0.29) is 6.42 Å². The number of hydrogen-bond donors (Lipinski definition) is 7. The van der Waals surface area contributed by atoms with E-state index in [0.717, 1.165) is 0 Å². The smallest absolute Gasteiger partial charge is 0.326 e. The van der Waals surface area contributed by atoms with Crippen LogP contribution in [0.1, 0.15) is 39.5 Å². The molecule has 0 rings (SSSR count). The molecule has 0 spiro atoms. The first-order chi connectivity index (χ1) is 14.6. The topological polar surface area (TPSA) is 197 Å². The van der Waals surface area contributed by atoms with Crippen LogP contribution >= 0.6 is 11.8 Å². The second kappa shape index (κ2) is 15.8. The van der Waals surface area contributed by atoms with Gasteiger partial charge in [-0.05, 0) is 50.2 Å². The fourth-order valence-corrected chi connectivity index (χ4v) is 3.14. The van der Waals surface area contributed by atoms with Crippen LogP contribution in [0.3, 0.4) is 0 Å². The van der Waals surface area contributed by atoms with Crippen molar-refractivity contribution in [3.63, 3.8) is 0 Å². The molecule has 3 amide bonds. The Morgan fingerprint density at radius 3 is 2.00 bits per heavy atom. The van der Waals surface area contributed by atoms with Gasteiger partial charge in [-0.1, -0.05) is 13.8 Å². The van der Waals surface area contributed by atoms with Gasteiger partial charge in [-0.2, -0.15) is 11.8 Å². The summed E-state index contributed by atoms with van der Waals surface area (Å²) < 4.78 is 0. The van der Waals surface area contributed by atoms with Gasteiger partial charge in [-0.15, -0.1) is 0 Å². The van der Waals surface area contributed by atoms with Gasteiger partial charge in [0, 0.05) is 0 Å². The first-order valence-electron chi connectivity index (χ1n) is 10.3. The van der Waals surface area contributed by atoms with Crippen molar-refractivity contribution in [3.8, 4) is 0 Å². The lowest BCUT2D eigenvalue weighted by atomic mass is 10.0. The summed E-state index contributed by atoms with van der Waals surface area (Å²) in [6.45, 7) is 2.92. The van der Waals surface area contributed by atoms with Crippen LogP contribution in [0.15, 0.2) is 0 Å². The molecular weight excluding hydrogens is 426 g/mol. The Morgan fingerprint density at radius 1 is 0.935 bits per heavy atom. The Kier molecular flexibility index (Phi) is 14.9.